The van der Waals surface area contributed by atoms with E-state index in [2.05, 4.69) is 24.3 Å². The van der Waals surface area contributed by atoms with Crippen molar-refractivity contribution in [3.8, 4) is 22.3 Å². The molecule has 2 N–H and O–H groups in total. The van der Waals surface area contributed by atoms with Crippen LogP contribution in [0, 0.1) is 0 Å². The Morgan fingerprint density at radius 3 is 2.29 bits per heavy atom. The first-order valence-electron chi connectivity index (χ1n) is 10.5. The minimum Gasteiger partial charge on any atom is -0.368 e. The van der Waals surface area contributed by atoms with Crippen LogP contribution in [-0.4, -0.2) is 15.5 Å². The van der Waals surface area contributed by atoms with E-state index in [1.54, 1.807) is 0 Å². The Morgan fingerprint density at radius 1 is 1.03 bits per heavy atom. The van der Waals surface area contributed by atoms with E-state index < -0.39 is 11.9 Å². The second kappa shape index (κ2) is 8.86. The van der Waals surface area contributed by atoms with Gasteiger partial charge in [0.05, 0.1) is 5.39 Å². The highest BCUT2D eigenvalue weighted by Crippen LogP contribution is 2.33. The molecule has 0 spiro atoms. The number of nitrogens with zero attached hydrogens (tertiary/aromatic N) is 2. The highest BCUT2D eigenvalue weighted by atomic mass is 32.1. The van der Waals surface area contributed by atoms with Crippen molar-refractivity contribution in [3.63, 3.8) is 0 Å². The number of hydrogen-bond donors (Lipinski definition) is 1. The van der Waals surface area contributed by atoms with Gasteiger partial charge in [-0.2, -0.15) is 0 Å². The van der Waals surface area contributed by atoms with Crippen molar-refractivity contribution in [2.75, 3.05) is 0 Å². The smallest absolute Gasteiger partial charge is 0.263 e. The fraction of sp³-hybridized carbons (Fsp3) is 0.240. The minimum atomic E-state index is -0.695. The fourth-order valence-corrected chi connectivity index (χ4v) is 4.92. The van der Waals surface area contributed by atoms with Crippen LogP contribution in [-0.2, 0) is 11.2 Å². The Kier molecular flexibility index (Phi) is 6.00. The van der Waals surface area contributed by atoms with E-state index >= 15 is 0 Å². The van der Waals surface area contributed by atoms with Gasteiger partial charge in [-0.05, 0) is 29.5 Å². The van der Waals surface area contributed by atoms with Crippen LogP contribution < -0.4 is 11.3 Å². The molecule has 1 amide bonds. The first-order valence-corrected chi connectivity index (χ1v) is 11.4. The van der Waals surface area contributed by atoms with Crippen molar-refractivity contribution in [2.24, 2.45) is 5.73 Å². The largest absolute Gasteiger partial charge is 0.368 e. The standard InChI is InChI=1S/C25H25N3O2S/c1-3-8-21-27-24-22(25(30)28(21)20(4-2)23(26)29)19(15-31-24)18-13-11-17(12-14-18)16-9-6-5-7-10-16/h5-7,9-15,20H,3-4,8H2,1-2H3,(H2,26,29). The van der Waals surface area contributed by atoms with E-state index in [9.17, 15) is 9.59 Å². The Hall–Kier alpha value is -3.25. The SMILES string of the molecule is CCCc1nc2scc(-c3ccc(-c4ccccc4)cc3)c2c(=O)n1C(CC)C(N)=O. The number of carbonyl (C=O) groups is 1. The molecule has 4 rings (SSSR count). The highest BCUT2D eigenvalue weighted by Gasteiger charge is 2.24. The van der Waals surface area contributed by atoms with Crippen molar-refractivity contribution < 1.29 is 4.79 Å². The number of benzene rings is 2. The van der Waals surface area contributed by atoms with Crippen LogP contribution in [0.4, 0.5) is 0 Å². The summed E-state index contributed by atoms with van der Waals surface area (Å²) in [6.07, 6.45) is 1.89. The Labute approximate surface area is 185 Å². The van der Waals surface area contributed by atoms with Crippen molar-refractivity contribution in [2.45, 2.75) is 39.2 Å². The zero-order valence-corrected chi connectivity index (χ0v) is 18.5. The van der Waals surface area contributed by atoms with Gasteiger partial charge in [0.25, 0.3) is 5.56 Å². The van der Waals surface area contributed by atoms with Crippen LogP contribution in [0.3, 0.4) is 0 Å². The molecule has 2 aromatic heterocycles. The fourth-order valence-electron chi connectivity index (χ4n) is 3.96. The molecule has 1 atom stereocenters. The van der Waals surface area contributed by atoms with Crippen LogP contribution in [0.15, 0.2) is 64.8 Å². The summed E-state index contributed by atoms with van der Waals surface area (Å²) in [7, 11) is 0. The Morgan fingerprint density at radius 2 is 1.68 bits per heavy atom. The number of fused-ring (bicyclic) bond motifs is 1. The molecule has 0 bridgehead atoms. The second-order valence-electron chi connectivity index (χ2n) is 7.55. The number of amides is 1. The maximum atomic E-state index is 13.6. The second-order valence-corrected chi connectivity index (χ2v) is 8.41. The van der Waals surface area contributed by atoms with Gasteiger partial charge in [-0.3, -0.25) is 14.2 Å². The van der Waals surface area contributed by atoms with Gasteiger partial charge in [-0.25, -0.2) is 4.98 Å². The molecule has 0 aliphatic rings. The number of hydrogen-bond acceptors (Lipinski definition) is 4. The third-order valence-corrected chi connectivity index (χ3v) is 6.39. The van der Waals surface area contributed by atoms with Crippen LogP contribution >= 0.6 is 11.3 Å². The lowest BCUT2D eigenvalue weighted by Crippen LogP contribution is -2.36. The van der Waals surface area contributed by atoms with Gasteiger partial charge in [0, 0.05) is 17.4 Å². The van der Waals surface area contributed by atoms with Gasteiger partial charge in [-0.1, -0.05) is 68.4 Å². The van der Waals surface area contributed by atoms with Crippen molar-refractivity contribution in [1.29, 1.82) is 0 Å². The van der Waals surface area contributed by atoms with Crippen molar-refractivity contribution in [1.82, 2.24) is 9.55 Å². The molecule has 1 unspecified atom stereocenters. The number of nitrogens with two attached hydrogens (primary N) is 1. The monoisotopic (exact) mass is 431 g/mol. The number of aromatic nitrogens is 2. The minimum absolute atomic E-state index is 0.192. The van der Waals surface area contributed by atoms with E-state index in [1.807, 2.05) is 49.6 Å². The van der Waals surface area contributed by atoms with Crippen LogP contribution in [0.25, 0.3) is 32.5 Å². The summed E-state index contributed by atoms with van der Waals surface area (Å²) in [5.41, 5.74) is 9.49. The lowest BCUT2D eigenvalue weighted by atomic mass is 10.0. The quantitative estimate of drug-likeness (QED) is 0.438. The number of carbonyl (C=O) groups excluding carboxylic acids is 1. The summed E-state index contributed by atoms with van der Waals surface area (Å²) in [4.78, 5) is 31.1. The molecule has 158 valence electrons. The molecular weight excluding hydrogens is 406 g/mol. The summed E-state index contributed by atoms with van der Waals surface area (Å²) in [6, 6.07) is 17.6. The third kappa shape index (κ3) is 3.91. The maximum absolute atomic E-state index is 13.6. The summed E-state index contributed by atoms with van der Waals surface area (Å²) in [6.45, 7) is 3.89. The molecule has 0 radical (unpaired) electrons. The predicted molar refractivity (Wildman–Crippen MR) is 127 cm³/mol. The normalized spacial score (nSPS) is 12.2. The maximum Gasteiger partial charge on any atom is 0.263 e. The molecule has 2 aromatic carbocycles. The van der Waals surface area contributed by atoms with E-state index in [-0.39, 0.29) is 5.56 Å². The summed E-state index contributed by atoms with van der Waals surface area (Å²) < 4.78 is 1.52. The zero-order valence-electron chi connectivity index (χ0n) is 17.7. The van der Waals surface area contributed by atoms with E-state index in [1.165, 1.54) is 15.9 Å². The van der Waals surface area contributed by atoms with Gasteiger partial charge in [-0.15, -0.1) is 11.3 Å². The van der Waals surface area contributed by atoms with Gasteiger partial charge >= 0.3 is 0 Å². The molecular formula is C25H25N3O2S. The topological polar surface area (TPSA) is 78.0 Å². The first kappa shape index (κ1) is 21.0. The molecule has 2 heterocycles. The van der Waals surface area contributed by atoms with Crippen molar-refractivity contribution >= 4 is 27.5 Å². The summed E-state index contributed by atoms with van der Waals surface area (Å²) >= 11 is 1.46. The summed E-state index contributed by atoms with van der Waals surface area (Å²) in [5.74, 6) is 0.116. The number of rotatable bonds is 7. The van der Waals surface area contributed by atoms with Crippen molar-refractivity contribution in [3.05, 3.63) is 76.2 Å². The average Bonchev–Trinajstić information content (AvgIpc) is 3.21. The summed E-state index contributed by atoms with van der Waals surface area (Å²) in [5, 5.41) is 2.53. The zero-order chi connectivity index (χ0) is 22.0. The number of thiophene rings is 1. The molecule has 0 aliphatic heterocycles. The highest BCUT2D eigenvalue weighted by molar-refractivity contribution is 7.17. The molecule has 0 aliphatic carbocycles. The molecule has 5 nitrogen and oxygen atoms in total. The van der Waals surface area contributed by atoms with Gasteiger partial charge in [0.2, 0.25) is 5.91 Å². The number of primary amides is 1. The van der Waals surface area contributed by atoms with E-state index in [4.69, 9.17) is 10.7 Å². The lowest BCUT2D eigenvalue weighted by molar-refractivity contribution is -0.121. The molecule has 0 fully saturated rings. The Balaban J connectivity index is 1.87. The predicted octanol–water partition coefficient (Wildman–Crippen LogP) is 5.18. The molecule has 0 saturated heterocycles. The number of aryl methyl sites for hydroxylation is 1. The molecule has 6 heteroatoms. The third-order valence-electron chi connectivity index (χ3n) is 5.52. The van der Waals surface area contributed by atoms with E-state index in [0.29, 0.717) is 28.9 Å². The van der Waals surface area contributed by atoms with Gasteiger partial charge < -0.3 is 5.73 Å². The van der Waals surface area contributed by atoms with Gasteiger partial charge in [0.1, 0.15) is 16.7 Å². The van der Waals surface area contributed by atoms with Crippen LogP contribution in [0.5, 0.6) is 0 Å². The first-order chi connectivity index (χ1) is 15.0. The Bertz CT molecular complexity index is 1270. The molecule has 4 aromatic rings. The van der Waals surface area contributed by atoms with Crippen LogP contribution in [0.2, 0.25) is 0 Å². The van der Waals surface area contributed by atoms with E-state index in [0.717, 1.165) is 28.7 Å². The van der Waals surface area contributed by atoms with Crippen LogP contribution in [0.1, 0.15) is 38.6 Å². The van der Waals surface area contributed by atoms with Gasteiger partial charge in [0.15, 0.2) is 0 Å². The molecule has 0 saturated carbocycles. The molecule has 31 heavy (non-hydrogen) atoms. The lowest BCUT2D eigenvalue weighted by Gasteiger charge is -2.19. The average molecular weight is 432 g/mol.